The Morgan fingerprint density at radius 3 is 1.64 bits per heavy atom. The van der Waals surface area contributed by atoms with Crippen molar-refractivity contribution in [1.29, 1.82) is 0 Å². The van der Waals surface area contributed by atoms with E-state index in [0.29, 0.717) is 5.76 Å². The quantitative estimate of drug-likeness (QED) is 0.361. The van der Waals surface area contributed by atoms with Crippen molar-refractivity contribution in [2.24, 2.45) is 0 Å². The summed E-state index contributed by atoms with van der Waals surface area (Å²) in [6.07, 6.45) is 5.18. The highest BCUT2D eigenvalue weighted by Gasteiger charge is 1.75. The molecule has 0 saturated carbocycles. The molecular formula is C13H26O. The largest absolute Gasteiger partial charge is 0.497 e. The molecule has 0 aliphatic heterocycles. The maximum absolute atomic E-state index is 4.72. The van der Waals surface area contributed by atoms with Gasteiger partial charge in [0.15, 0.2) is 0 Å². The van der Waals surface area contributed by atoms with Crippen molar-refractivity contribution in [3.05, 3.63) is 50.3 Å². The number of rotatable bonds is 3. The summed E-state index contributed by atoms with van der Waals surface area (Å²) in [6, 6.07) is 0. The Bertz CT molecular complexity index is 123. The zero-order chi connectivity index (χ0) is 12.4. The number of hydrogen-bond acceptors (Lipinski definition) is 1. The molecule has 0 aromatic carbocycles. The molecule has 0 aromatic rings. The highest BCUT2D eigenvalue weighted by molar-refractivity contribution is 5.12. The first-order valence-electron chi connectivity index (χ1n) is 4.83. The van der Waals surface area contributed by atoms with Crippen LogP contribution in [0.2, 0.25) is 0 Å². The molecule has 0 N–H and O–H groups in total. The van der Waals surface area contributed by atoms with Crippen molar-refractivity contribution in [2.75, 3.05) is 7.11 Å². The Morgan fingerprint density at radius 1 is 1.07 bits per heavy atom. The van der Waals surface area contributed by atoms with Gasteiger partial charge in [0.05, 0.1) is 7.11 Å². The molecule has 0 heterocycles. The summed E-state index contributed by atoms with van der Waals surface area (Å²) < 4.78 is 4.72. The summed E-state index contributed by atoms with van der Waals surface area (Å²) >= 11 is 0. The van der Waals surface area contributed by atoms with Gasteiger partial charge in [-0.25, -0.2) is 0 Å². The van der Waals surface area contributed by atoms with Gasteiger partial charge in [-0.3, -0.25) is 0 Å². The van der Waals surface area contributed by atoms with Gasteiger partial charge in [-0.1, -0.05) is 53.0 Å². The lowest BCUT2D eigenvalue weighted by Gasteiger charge is -1.92. The lowest BCUT2D eigenvalue weighted by atomic mass is 10.4. The molecule has 0 unspecified atom stereocenters. The van der Waals surface area contributed by atoms with E-state index in [-0.39, 0.29) is 0 Å². The fourth-order valence-electron chi connectivity index (χ4n) is 0.243. The summed E-state index contributed by atoms with van der Waals surface area (Å²) in [5.41, 5.74) is 0. The van der Waals surface area contributed by atoms with Crippen molar-refractivity contribution in [1.82, 2.24) is 0 Å². The first-order chi connectivity index (χ1) is 6.81. The third-order valence-corrected chi connectivity index (χ3v) is 0.680. The summed E-state index contributed by atoms with van der Waals surface area (Å²) in [4.78, 5) is 0. The standard InChI is InChI=1S/C7H10O.2C2H6.C2H4/c1-4-5-6-7(2)8-3;3*1-2/h4-6H,1-2H2,3H3;2*1-2H3;1-2H2/b6-5-;;;. The van der Waals surface area contributed by atoms with Crippen LogP contribution >= 0.6 is 0 Å². The van der Waals surface area contributed by atoms with Gasteiger partial charge in [0.1, 0.15) is 5.76 Å². The minimum absolute atomic E-state index is 0.643. The van der Waals surface area contributed by atoms with Crippen LogP contribution < -0.4 is 0 Å². The van der Waals surface area contributed by atoms with Gasteiger partial charge in [0.25, 0.3) is 0 Å². The molecule has 0 aliphatic carbocycles. The molecule has 1 heteroatoms. The number of ether oxygens (including phenoxy) is 1. The number of hydrogen-bond donors (Lipinski definition) is 0. The van der Waals surface area contributed by atoms with Gasteiger partial charge in [-0.2, -0.15) is 0 Å². The van der Waals surface area contributed by atoms with E-state index >= 15 is 0 Å². The maximum Gasteiger partial charge on any atom is 0.111 e. The predicted octanol–water partition coefficient (Wildman–Crippen LogP) is 4.74. The second-order valence-corrected chi connectivity index (χ2v) is 1.27. The molecule has 84 valence electrons. The van der Waals surface area contributed by atoms with Crippen LogP contribution in [0.5, 0.6) is 0 Å². The minimum atomic E-state index is 0.643. The van der Waals surface area contributed by atoms with Crippen LogP contribution in [0.15, 0.2) is 50.3 Å². The molecule has 0 radical (unpaired) electrons. The van der Waals surface area contributed by atoms with E-state index in [4.69, 9.17) is 4.74 Å². The minimum Gasteiger partial charge on any atom is -0.497 e. The molecule has 0 saturated heterocycles. The molecular weight excluding hydrogens is 172 g/mol. The summed E-state index contributed by atoms with van der Waals surface area (Å²) in [6.45, 7) is 21.0. The SMILES string of the molecule is C=C.C=C/C=C\C(=C)OC.CC.CC. The van der Waals surface area contributed by atoms with E-state index in [1.54, 1.807) is 25.3 Å². The van der Waals surface area contributed by atoms with E-state index < -0.39 is 0 Å². The van der Waals surface area contributed by atoms with Crippen LogP contribution in [0, 0.1) is 0 Å². The first kappa shape index (κ1) is 23.0. The van der Waals surface area contributed by atoms with Gasteiger partial charge >= 0.3 is 0 Å². The highest BCUT2D eigenvalue weighted by Crippen LogP contribution is 1.90. The highest BCUT2D eigenvalue weighted by atomic mass is 16.5. The van der Waals surface area contributed by atoms with Crippen LogP contribution in [0.4, 0.5) is 0 Å². The molecule has 0 fully saturated rings. The van der Waals surface area contributed by atoms with Crippen molar-refractivity contribution >= 4 is 0 Å². The maximum atomic E-state index is 4.72. The zero-order valence-electron chi connectivity index (χ0n) is 10.5. The van der Waals surface area contributed by atoms with Crippen molar-refractivity contribution < 1.29 is 4.74 Å². The third-order valence-electron chi connectivity index (χ3n) is 0.680. The smallest absolute Gasteiger partial charge is 0.111 e. The van der Waals surface area contributed by atoms with Gasteiger partial charge in [0, 0.05) is 0 Å². The molecule has 0 rings (SSSR count). The first-order valence-corrected chi connectivity index (χ1v) is 4.83. The van der Waals surface area contributed by atoms with Crippen LogP contribution in [0.3, 0.4) is 0 Å². The Morgan fingerprint density at radius 2 is 1.43 bits per heavy atom. The van der Waals surface area contributed by atoms with Crippen LogP contribution in [0.1, 0.15) is 27.7 Å². The summed E-state index contributed by atoms with van der Waals surface area (Å²) in [7, 11) is 1.58. The van der Waals surface area contributed by atoms with Gasteiger partial charge < -0.3 is 4.74 Å². The number of allylic oxidation sites excluding steroid dienone is 3. The van der Waals surface area contributed by atoms with Gasteiger partial charge in [0.2, 0.25) is 0 Å². The third kappa shape index (κ3) is 45.2. The molecule has 0 aromatic heterocycles. The Kier molecular flexibility index (Phi) is 67.4. The van der Waals surface area contributed by atoms with Gasteiger partial charge in [-0.05, 0) is 6.08 Å². The van der Waals surface area contributed by atoms with Crippen molar-refractivity contribution in [2.45, 2.75) is 27.7 Å². The van der Waals surface area contributed by atoms with Crippen molar-refractivity contribution in [3.63, 3.8) is 0 Å². The van der Waals surface area contributed by atoms with E-state index in [0.717, 1.165) is 0 Å². The topological polar surface area (TPSA) is 9.23 Å². The molecule has 0 bridgehead atoms. The van der Waals surface area contributed by atoms with Crippen molar-refractivity contribution in [3.8, 4) is 0 Å². The molecule has 0 atom stereocenters. The second kappa shape index (κ2) is 41.0. The van der Waals surface area contributed by atoms with Crippen LogP contribution in [0.25, 0.3) is 0 Å². The zero-order valence-corrected chi connectivity index (χ0v) is 10.5. The lowest BCUT2D eigenvalue weighted by molar-refractivity contribution is 0.309. The lowest BCUT2D eigenvalue weighted by Crippen LogP contribution is -1.74. The molecule has 14 heavy (non-hydrogen) atoms. The van der Waals surface area contributed by atoms with Crippen LogP contribution in [-0.4, -0.2) is 7.11 Å². The molecule has 0 aliphatic rings. The van der Waals surface area contributed by atoms with E-state index in [2.05, 4.69) is 26.3 Å². The molecule has 0 amide bonds. The second-order valence-electron chi connectivity index (χ2n) is 1.27. The molecule has 1 nitrogen and oxygen atoms in total. The summed E-state index contributed by atoms with van der Waals surface area (Å²) in [5.74, 6) is 0.643. The van der Waals surface area contributed by atoms with E-state index in [1.807, 2.05) is 27.7 Å². The average molecular weight is 198 g/mol. The fourth-order valence-corrected chi connectivity index (χ4v) is 0.243. The van der Waals surface area contributed by atoms with E-state index in [1.165, 1.54) is 0 Å². The predicted molar refractivity (Wildman–Crippen MR) is 69.4 cm³/mol. The summed E-state index contributed by atoms with van der Waals surface area (Å²) in [5, 5.41) is 0. The van der Waals surface area contributed by atoms with Crippen LogP contribution in [-0.2, 0) is 4.74 Å². The number of methoxy groups -OCH3 is 1. The Hall–Kier alpha value is -1.24. The average Bonchev–Trinajstić information content (AvgIpc) is 2.33. The monoisotopic (exact) mass is 198 g/mol. The molecule has 0 spiro atoms. The fraction of sp³-hybridized carbons (Fsp3) is 0.385. The Labute approximate surface area is 90.5 Å². The van der Waals surface area contributed by atoms with E-state index in [9.17, 15) is 0 Å². The normalized spacial score (nSPS) is 6.36. The Balaban J connectivity index is -0.0000000708. The van der Waals surface area contributed by atoms with Gasteiger partial charge in [-0.15, -0.1) is 13.2 Å².